The predicted molar refractivity (Wildman–Crippen MR) is 121 cm³/mol. The van der Waals surface area contributed by atoms with Crippen LogP contribution in [-0.4, -0.2) is 56.8 Å². The van der Waals surface area contributed by atoms with Gasteiger partial charge in [0.15, 0.2) is 0 Å². The molecule has 1 amide bonds. The molecule has 0 atom stereocenters. The van der Waals surface area contributed by atoms with Crippen molar-refractivity contribution in [2.24, 2.45) is 0 Å². The zero-order valence-electron chi connectivity index (χ0n) is 17.1. The molecule has 1 saturated heterocycles. The molecule has 1 fully saturated rings. The van der Waals surface area contributed by atoms with E-state index >= 15 is 0 Å². The highest BCUT2D eigenvalue weighted by Gasteiger charge is 2.23. The molecule has 7 nitrogen and oxygen atoms in total. The fourth-order valence-corrected chi connectivity index (χ4v) is 4.88. The van der Waals surface area contributed by atoms with Gasteiger partial charge in [-0.2, -0.15) is 0 Å². The van der Waals surface area contributed by atoms with Crippen LogP contribution in [0.1, 0.15) is 16.2 Å². The number of fused-ring (bicyclic) bond motifs is 1. The van der Waals surface area contributed by atoms with Gasteiger partial charge in [0.1, 0.15) is 16.5 Å². The number of nitrogens with zero attached hydrogens (tertiary/aromatic N) is 4. The number of amides is 1. The molecule has 32 heavy (non-hydrogen) atoms. The van der Waals surface area contributed by atoms with Crippen LogP contribution in [0, 0.1) is 5.82 Å². The summed E-state index contributed by atoms with van der Waals surface area (Å²) < 4.78 is 13.2. The third kappa shape index (κ3) is 4.04. The first kappa shape index (κ1) is 20.5. The number of aromatic amines is 1. The highest BCUT2D eigenvalue weighted by Crippen LogP contribution is 2.30. The van der Waals surface area contributed by atoms with E-state index < -0.39 is 0 Å². The van der Waals surface area contributed by atoms with Gasteiger partial charge < -0.3 is 9.88 Å². The maximum absolute atomic E-state index is 13.2. The number of hydrogen-bond acceptors (Lipinski definition) is 6. The van der Waals surface area contributed by atoms with E-state index in [1.54, 1.807) is 36.7 Å². The minimum absolute atomic E-state index is 0.00640. The van der Waals surface area contributed by atoms with Crippen LogP contribution in [0.4, 0.5) is 4.39 Å². The van der Waals surface area contributed by atoms with E-state index in [0.717, 1.165) is 11.1 Å². The van der Waals surface area contributed by atoms with E-state index in [1.807, 2.05) is 10.3 Å². The number of carbonyl (C=O) groups excluding carboxylic acids is 1. The van der Waals surface area contributed by atoms with Gasteiger partial charge in [0.25, 0.3) is 11.5 Å². The summed E-state index contributed by atoms with van der Waals surface area (Å²) in [4.78, 5) is 41.6. The van der Waals surface area contributed by atoms with Gasteiger partial charge in [-0.15, -0.1) is 11.3 Å². The Hall–Kier alpha value is -3.43. The van der Waals surface area contributed by atoms with Crippen LogP contribution in [0.2, 0.25) is 0 Å². The molecule has 1 aromatic carbocycles. The molecule has 0 radical (unpaired) electrons. The fraction of sp³-hybridized carbons (Fsp3) is 0.217. The Labute approximate surface area is 187 Å². The first-order valence-electron chi connectivity index (χ1n) is 10.3. The molecule has 4 aromatic rings. The lowest BCUT2D eigenvalue weighted by molar-refractivity contribution is 0.0625. The van der Waals surface area contributed by atoms with E-state index in [-0.39, 0.29) is 17.3 Å². The topological polar surface area (TPSA) is 82.2 Å². The fourth-order valence-electron chi connectivity index (χ4n) is 3.91. The number of nitrogens with one attached hydrogen (secondary N) is 1. The van der Waals surface area contributed by atoms with Crippen LogP contribution in [0.15, 0.2) is 59.0 Å². The number of rotatable bonds is 4. The summed E-state index contributed by atoms with van der Waals surface area (Å²) in [5.74, 6) is 0.293. The highest BCUT2D eigenvalue weighted by atomic mass is 32.1. The van der Waals surface area contributed by atoms with Gasteiger partial charge in [0, 0.05) is 55.1 Å². The number of pyridine rings is 1. The standard InChI is InChI=1S/C23H20FN5O2S/c24-17-3-1-15(2-4-17)18-14-32-22-20(18)21(30)26-19(27-22)13-28-9-11-29(12-10-28)23(31)16-5-7-25-8-6-16/h1-8,14H,9-13H2,(H,26,27,30). The van der Waals surface area contributed by atoms with Gasteiger partial charge in [-0.3, -0.25) is 19.5 Å². The van der Waals surface area contributed by atoms with Crippen LogP contribution in [0.3, 0.4) is 0 Å². The number of aromatic nitrogens is 3. The van der Waals surface area contributed by atoms with Crippen molar-refractivity contribution in [1.82, 2.24) is 24.8 Å². The first-order chi connectivity index (χ1) is 15.6. The molecule has 9 heteroatoms. The minimum atomic E-state index is -0.315. The lowest BCUT2D eigenvalue weighted by atomic mass is 10.1. The van der Waals surface area contributed by atoms with Crippen molar-refractivity contribution in [2.75, 3.05) is 26.2 Å². The average Bonchev–Trinajstić information content (AvgIpc) is 3.25. The third-order valence-electron chi connectivity index (χ3n) is 5.61. The lowest BCUT2D eigenvalue weighted by Gasteiger charge is -2.34. The summed E-state index contributed by atoms with van der Waals surface area (Å²) in [6.45, 7) is 3.13. The van der Waals surface area contributed by atoms with Gasteiger partial charge in [-0.1, -0.05) is 12.1 Å². The minimum Gasteiger partial charge on any atom is -0.336 e. The molecule has 0 saturated carbocycles. The molecule has 0 spiro atoms. The predicted octanol–water partition coefficient (Wildman–Crippen LogP) is 3.14. The zero-order chi connectivity index (χ0) is 22.1. The lowest BCUT2D eigenvalue weighted by Crippen LogP contribution is -2.48. The van der Waals surface area contributed by atoms with Crippen molar-refractivity contribution in [1.29, 1.82) is 0 Å². The van der Waals surface area contributed by atoms with Crippen molar-refractivity contribution in [3.05, 3.63) is 81.7 Å². The summed E-state index contributed by atoms with van der Waals surface area (Å²) in [5, 5.41) is 2.41. The van der Waals surface area contributed by atoms with Crippen LogP contribution >= 0.6 is 11.3 Å². The summed E-state index contributed by atoms with van der Waals surface area (Å²) in [7, 11) is 0. The van der Waals surface area contributed by atoms with Gasteiger partial charge in [0.2, 0.25) is 0 Å². The van der Waals surface area contributed by atoms with Gasteiger partial charge in [-0.25, -0.2) is 9.37 Å². The largest absolute Gasteiger partial charge is 0.336 e. The second-order valence-corrected chi connectivity index (χ2v) is 8.51. The molecule has 1 N–H and O–H groups in total. The molecule has 0 bridgehead atoms. The van der Waals surface area contributed by atoms with Gasteiger partial charge in [-0.05, 0) is 29.8 Å². The Kier molecular flexibility index (Phi) is 5.50. The van der Waals surface area contributed by atoms with Crippen LogP contribution in [0.5, 0.6) is 0 Å². The first-order valence-corrected chi connectivity index (χ1v) is 11.1. The Morgan fingerprint density at radius 3 is 2.50 bits per heavy atom. The van der Waals surface area contributed by atoms with Gasteiger partial charge >= 0.3 is 0 Å². The molecule has 1 aliphatic heterocycles. The maximum Gasteiger partial charge on any atom is 0.260 e. The Morgan fingerprint density at radius 1 is 1.06 bits per heavy atom. The quantitative estimate of drug-likeness (QED) is 0.518. The SMILES string of the molecule is O=C(c1ccncc1)N1CCN(Cc2nc3scc(-c4ccc(F)cc4)c3c(=O)[nH]2)CC1. The number of hydrogen-bond donors (Lipinski definition) is 1. The number of H-pyrrole nitrogens is 1. The van der Waals surface area contributed by atoms with Crippen molar-refractivity contribution in [3.8, 4) is 11.1 Å². The molecular formula is C23H20FN5O2S. The summed E-state index contributed by atoms with van der Waals surface area (Å²) in [6, 6.07) is 9.54. The van der Waals surface area contributed by atoms with Gasteiger partial charge in [0.05, 0.1) is 11.9 Å². The second-order valence-electron chi connectivity index (χ2n) is 7.65. The molecule has 5 rings (SSSR count). The van der Waals surface area contributed by atoms with Crippen molar-refractivity contribution >= 4 is 27.5 Å². The molecule has 4 heterocycles. The van der Waals surface area contributed by atoms with E-state index in [2.05, 4.69) is 19.9 Å². The number of benzene rings is 1. The molecule has 1 aliphatic rings. The molecular weight excluding hydrogens is 429 g/mol. The van der Waals surface area contributed by atoms with E-state index in [4.69, 9.17) is 0 Å². The molecule has 0 aliphatic carbocycles. The summed E-state index contributed by atoms with van der Waals surface area (Å²) in [6.07, 6.45) is 3.24. The number of halogens is 1. The van der Waals surface area contributed by atoms with Crippen LogP contribution in [-0.2, 0) is 6.54 Å². The van der Waals surface area contributed by atoms with E-state index in [9.17, 15) is 14.0 Å². The number of thiophene rings is 1. The highest BCUT2D eigenvalue weighted by molar-refractivity contribution is 7.17. The van der Waals surface area contributed by atoms with Crippen LogP contribution in [0.25, 0.3) is 21.3 Å². The molecule has 0 unspecified atom stereocenters. The Morgan fingerprint density at radius 2 is 1.78 bits per heavy atom. The smallest absolute Gasteiger partial charge is 0.260 e. The second kappa shape index (κ2) is 8.60. The average molecular weight is 450 g/mol. The van der Waals surface area contributed by atoms with Crippen molar-refractivity contribution in [2.45, 2.75) is 6.54 Å². The normalized spacial score (nSPS) is 14.7. The van der Waals surface area contributed by atoms with Crippen LogP contribution < -0.4 is 5.56 Å². The zero-order valence-corrected chi connectivity index (χ0v) is 17.9. The summed E-state index contributed by atoms with van der Waals surface area (Å²) in [5.41, 5.74) is 1.98. The Balaban J connectivity index is 1.29. The van der Waals surface area contributed by atoms with E-state index in [0.29, 0.717) is 54.3 Å². The number of piperazine rings is 1. The summed E-state index contributed by atoms with van der Waals surface area (Å²) >= 11 is 1.40. The van der Waals surface area contributed by atoms with Crippen molar-refractivity contribution < 1.29 is 9.18 Å². The maximum atomic E-state index is 13.2. The molecule has 162 valence electrons. The Bertz CT molecular complexity index is 1310. The van der Waals surface area contributed by atoms with E-state index in [1.165, 1.54) is 23.5 Å². The monoisotopic (exact) mass is 449 g/mol. The third-order valence-corrected chi connectivity index (χ3v) is 6.48. The molecule has 3 aromatic heterocycles. The van der Waals surface area contributed by atoms with Crippen molar-refractivity contribution in [3.63, 3.8) is 0 Å². The number of carbonyl (C=O) groups is 1.